The number of piperidine rings is 1. The lowest BCUT2D eigenvalue weighted by molar-refractivity contribution is -0.0364. The molecule has 0 N–H and O–H groups in total. The van der Waals surface area contributed by atoms with Crippen LogP contribution >= 0.6 is 0 Å². The number of fused-ring (bicyclic) bond motifs is 2. The van der Waals surface area contributed by atoms with Crippen LogP contribution in [0.5, 0.6) is 0 Å². The number of likely N-dealkylation sites (tertiary alicyclic amines) is 1. The van der Waals surface area contributed by atoms with Gasteiger partial charge in [0.05, 0.1) is 20.3 Å². The fourth-order valence-electron chi connectivity index (χ4n) is 2.24. The van der Waals surface area contributed by atoms with Crippen LogP contribution in [0, 0.1) is 11.8 Å². The van der Waals surface area contributed by atoms with Crippen molar-refractivity contribution in [2.24, 2.45) is 11.8 Å². The Labute approximate surface area is 77.8 Å². The molecule has 2 saturated heterocycles. The van der Waals surface area contributed by atoms with E-state index in [9.17, 15) is 4.79 Å². The van der Waals surface area contributed by atoms with Gasteiger partial charge in [-0.1, -0.05) is 0 Å². The van der Waals surface area contributed by atoms with Crippen LogP contribution in [0.2, 0.25) is 0 Å². The summed E-state index contributed by atoms with van der Waals surface area (Å²) in [5, 5.41) is 0. The van der Waals surface area contributed by atoms with Crippen molar-refractivity contribution in [3.63, 3.8) is 0 Å². The summed E-state index contributed by atoms with van der Waals surface area (Å²) in [6.45, 7) is 3.18. The van der Waals surface area contributed by atoms with Gasteiger partial charge >= 0.3 is 6.09 Å². The lowest BCUT2D eigenvalue weighted by Gasteiger charge is -2.40. The molecule has 2 atom stereocenters. The molecule has 4 nitrogen and oxygen atoms in total. The van der Waals surface area contributed by atoms with Gasteiger partial charge in [-0.2, -0.15) is 0 Å². The minimum absolute atomic E-state index is 0.198. The first-order valence-corrected chi connectivity index (χ1v) is 4.70. The molecule has 0 aliphatic carbocycles. The molecule has 2 fully saturated rings. The van der Waals surface area contributed by atoms with E-state index in [0.29, 0.717) is 11.8 Å². The minimum atomic E-state index is -0.198. The average Bonchev–Trinajstić information content (AvgIpc) is 2.16. The summed E-state index contributed by atoms with van der Waals surface area (Å²) < 4.78 is 10.1. The van der Waals surface area contributed by atoms with Gasteiger partial charge in [0.1, 0.15) is 0 Å². The second kappa shape index (κ2) is 3.54. The van der Waals surface area contributed by atoms with Gasteiger partial charge in [0.25, 0.3) is 0 Å². The average molecular weight is 185 g/mol. The first-order chi connectivity index (χ1) is 6.29. The Bertz CT molecular complexity index is 195. The number of ether oxygens (including phenoxy) is 2. The van der Waals surface area contributed by atoms with Gasteiger partial charge in [0.2, 0.25) is 0 Å². The summed E-state index contributed by atoms with van der Waals surface area (Å²) in [6.07, 6.45) is 1.00. The van der Waals surface area contributed by atoms with E-state index in [1.54, 1.807) is 4.90 Å². The molecule has 2 aliphatic rings. The van der Waals surface area contributed by atoms with E-state index in [-0.39, 0.29) is 6.09 Å². The topological polar surface area (TPSA) is 38.8 Å². The summed E-state index contributed by atoms with van der Waals surface area (Å²) in [7, 11) is 1.43. The van der Waals surface area contributed by atoms with Crippen LogP contribution in [-0.2, 0) is 9.47 Å². The number of methoxy groups -OCH3 is 1. The van der Waals surface area contributed by atoms with Crippen molar-refractivity contribution in [1.82, 2.24) is 4.90 Å². The number of rotatable bonds is 0. The third-order valence-electron chi connectivity index (χ3n) is 2.76. The maximum Gasteiger partial charge on any atom is 0.409 e. The van der Waals surface area contributed by atoms with Gasteiger partial charge in [-0.05, 0) is 6.42 Å². The standard InChI is InChI=1S/C9H15NO3/c1-12-9(11)10-3-7-2-8(4-10)6-13-5-7/h7-8H,2-6H2,1H3. The van der Waals surface area contributed by atoms with Crippen molar-refractivity contribution < 1.29 is 14.3 Å². The number of hydrogen-bond donors (Lipinski definition) is 0. The molecule has 2 heterocycles. The molecule has 2 bridgehead atoms. The molecular weight excluding hydrogens is 170 g/mol. The van der Waals surface area contributed by atoms with E-state index in [0.717, 1.165) is 26.3 Å². The highest BCUT2D eigenvalue weighted by Gasteiger charge is 2.33. The normalized spacial score (nSPS) is 32.8. The van der Waals surface area contributed by atoms with Crippen LogP contribution in [0.25, 0.3) is 0 Å². The van der Waals surface area contributed by atoms with Crippen molar-refractivity contribution >= 4 is 6.09 Å². The molecule has 74 valence electrons. The molecule has 0 aromatic rings. The number of nitrogens with zero attached hydrogens (tertiary/aromatic N) is 1. The Hall–Kier alpha value is -0.770. The highest BCUT2D eigenvalue weighted by atomic mass is 16.5. The molecule has 0 aromatic heterocycles. The Morgan fingerprint density at radius 1 is 1.38 bits per heavy atom. The molecular formula is C9H15NO3. The molecule has 4 heteroatoms. The van der Waals surface area contributed by atoms with Crippen LogP contribution in [0.15, 0.2) is 0 Å². The molecule has 0 spiro atoms. The highest BCUT2D eigenvalue weighted by molar-refractivity contribution is 5.67. The fourth-order valence-corrected chi connectivity index (χ4v) is 2.24. The number of amides is 1. The van der Waals surface area contributed by atoms with Crippen LogP contribution in [0.4, 0.5) is 4.79 Å². The maximum atomic E-state index is 11.3. The van der Waals surface area contributed by atoms with Crippen LogP contribution in [0.3, 0.4) is 0 Å². The Balaban J connectivity index is 1.97. The molecule has 2 rings (SSSR count). The second-order valence-electron chi connectivity index (χ2n) is 3.88. The maximum absolute atomic E-state index is 11.3. The summed E-state index contributed by atoms with van der Waals surface area (Å²) in [4.78, 5) is 13.1. The van der Waals surface area contributed by atoms with Crippen molar-refractivity contribution in [3.8, 4) is 0 Å². The van der Waals surface area contributed by atoms with Crippen molar-refractivity contribution in [2.75, 3.05) is 33.4 Å². The monoisotopic (exact) mass is 185 g/mol. The van der Waals surface area contributed by atoms with Crippen molar-refractivity contribution in [1.29, 1.82) is 0 Å². The number of carbonyl (C=O) groups is 1. The van der Waals surface area contributed by atoms with Crippen molar-refractivity contribution in [2.45, 2.75) is 6.42 Å². The van der Waals surface area contributed by atoms with Gasteiger partial charge < -0.3 is 14.4 Å². The Morgan fingerprint density at radius 2 is 2.00 bits per heavy atom. The molecule has 0 aromatic carbocycles. The highest BCUT2D eigenvalue weighted by Crippen LogP contribution is 2.26. The second-order valence-corrected chi connectivity index (χ2v) is 3.88. The van der Waals surface area contributed by atoms with Gasteiger partial charge in [-0.25, -0.2) is 4.79 Å². The number of carbonyl (C=O) groups excluding carboxylic acids is 1. The summed E-state index contributed by atoms with van der Waals surface area (Å²) in [5.41, 5.74) is 0. The Morgan fingerprint density at radius 3 is 2.54 bits per heavy atom. The van der Waals surface area contributed by atoms with Crippen LogP contribution < -0.4 is 0 Å². The molecule has 2 unspecified atom stereocenters. The zero-order chi connectivity index (χ0) is 9.26. The number of hydrogen-bond acceptors (Lipinski definition) is 3. The van der Waals surface area contributed by atoms with Gasteiger partial charge in [0.15, 0.2) is 0 Å². The van der Waals surface area contributed by atoms with Gasteiger partial charge in [0, 0.05) is 24.9 Å². The van der Waals surface area contributed by atoms with E-state index in [4.69, 9.17) is 9.47 Å². The SMILES string of the molecule is COC(=O)N1CC2COCC(C2)C1. The smallest absolute Gasteiger partial charge is 0.409 e. The molecule has 0 saturated carbocycles. The van der Waals surface area contributed by atoms with E-state index in [2.05, 4.69) is 0 Å². The first kappa shape index (κ1) is 8.81. The summed E-state index contributed by atoms with van der Waals surface area (Å²) >= 11 is 0. The van der Waals surface area contributed by atoms with Gasteiger partial charge in [-0.15, -0.1) is 0 Å². The molecule has 13 heavy (non-hydrogen) atoms. The zero-order valence-corrected chi connectivity index (χ0v) is 7.86. The zero-order valence-electron chi connectivity index (χ0n) is 7.86. The fraction of sp³-hybridized carbons (Fsp3) is 0.889. The largest absolute Gasteiger partial charge is 0.453 e. The molecule has 1 amide bonds. The van der Waals surface area contributed by atoms with E-state index in [1.165, 1.54) is 13.5 Å². The molecule has 2 aliphatic heterocycles. The Kier molecular flexibility index (Phi) is 2.40. The lowest BCUT2D eigenvalue weighted by atomic mass is 9.88. The first-order valence-electron chi connectivity index (χ1n) is 4.70. The predicted molar refractivity (Wildman–Crippen MR) is 46.4 cm³/mol. The predicted octanol–water partition coefficient (Wildman–Crippen LogP) is 0.721. The molecule has 0 radical (unpaired) electrons. The van der Waals surface area contributed by atoms with E-state index >= 15 is 0 Å². The third-order valence-corrected chi connectivity index (χ3v) is 2.76. The van der Waals surface area contributed by atoms with Crippen molar-refractivity contribution in [3.05, 3.63) is 0 Å². The lowest BCUT2D eigenvalue weighted by Crippen LogP contribution is -2.48. The van der Waals surface area contributed by atoms with Crippen LogP contribution in [0.1, 0.15) is 6.42 Å². The summed E-state index contributed by atoms with van der Waals surface area (Å²) in [6, 6.07) is 0. The van der Waals surface area contributed by atoms with Gasteiger partial charge in [-0.3, -0.25) is 0 Å². The third kappa shape index (κ3) is 1.77. The summed E-state index contributed by atoms with van der Waals surface area (Å²) in [5.74, 6) is 1.04. The van der Waals surface area contributed by atoms with E-state index in [1.807, 2.05) is 0 Å². The van der Waals surface area contributed by atoms with Crippen LogP contribution in [-0.4, -0.2) is 44.4 Å². The quantitative estimate of drug-likeness (QED) is 0.558. The van der Waals surface area contributed by atoms with E-state index < -0.39 is 0 Å². The minimum Gasteiger partial charge on any atom is -0.453 e.